The van der Waals surface area contributed by atoms with Crippen molar-refractivity contribution in [2.75, 3.05) is 56.0 Å². The number of halogens is 3. The van der Waals surface area contributed by atoms with Gasteiger partial charge in [-0.15, -0.1) is 0 Å². The smallest absolute Gasteiger partial charge is 0.406 e. The quantitative estimate of drug-likeness (QED) is 0.174. The normalized spacial score (nSPS) is 17.5. The van der Waals surface area contributed by atoms with Crippen LogP contribution in [0.3, 0.4) is 0 Å². The minimum atomic E-state index is -4.41. The summed E-state index contributed by atoms with van der Waals surface area (Å²) in [7, 11) is 3.44. The Kier molecular flexibility index (Phi) is 10.4. The number of nitrogens with one attached hydrogen (secondary N) is 2. The topological polar surface area (TPSA) is 84.8 Å². The molecule has 0 saturated carbocycles. The summed E-state index contributed by atoms with van der Waals surface area (Å²) in [5.74, 6) is 7.74. The van der Waals surface area contributed by atoms with Crippen LogP contribution in [0.5, 0.6) is 5.75 Å². The van der Waals surface area contributed by atoms with Crippen molar-refractivity contribution in [3.63, 3.8) is 0 Å². The van der Waals surface area contributed by atoms with Crippen LogP contribution < -0.4 is 15.4 Å². The van der Waals surface area contributed by atoms with Crippen LogP contribution in [0.1, 0.15) is 18.5 Å². The molecule has 1 saturated heterocycles. The fourth-order valence-electron chi connectivity index (χ4n) is 4.54. The SMILES string of the molecule is COc1cc(SN(C)CCO)ccc1NCC#Cc1cc2c(NC3CC[S+]([O-])CC3)cccc2n1CC(F)(F)F. The molecule has 7 nitrogen and oxygen atoms in total. The van der Waals surface area contributed by atoms with Crippen molar-refractivity contribution < 1.29 is 27.6 Å². The molecular weight excluding hydrogens is 561 g/mol. The number of aliphatic hydroxyl groups is 1. The highest BCUT2D eigenvalue weighted by Gasteiger charge is 2.30. The summed E-state index contributed by atoms with van der Waals surface area (Å²) in [5, 5.41) is 16.4. The van der Waals surface area contributed by atoms with E-state index in [1.165, 1.54) is 16.5 Å². The number of likely N-dealkylation sites (N-methyl/N-ethyl adjacent to an activating group) is 1. The summed E-state index contributed by atoms with van der Waals surface area (Å²) in [6.07, 6.45) is -2.89. The van der Waals surface area contributed by atoms with Crippen LogP contribution in [0.15, 0.2) is 47.4 Å². The lowest BCUT2D eigenvalue weighted by molar-refractivity contribution is -0.140. The molecule has 0 spiro atoms. The fraction of sp³-hybridized carbons (Fsp3) is 0.429. The van der Waals surface area contributed by atoms with Gasteiger partial charge in [0.1, 0.15) is 23.8 Å². The first-order valence-electron chi connectivity index (χ1n) is 12.9. The first-order valence-corrected chi connectivity index (χ1v) is 15.1. The van der Waals surface area contributed by atoms with Crippen LogP contribution in [0.4, 0.5) is 24.5 Å². The number of methoxy groups -OCH3 is 1. The van der Waals surface area contributed by atoms with Gasteiger partial charge in [-0.3, -0.25) is 0 Å². The average molecular weight is 595 g/mol. The summed E-state index contributed by atoms with van der Waals surface area (Å²) in [5.41, 5.74) is 2.20. The molecule has 216 valence electrons. The number of rotatable bonds is 10. The maximum absolute atomic E-state index is 13.5. The van der Waals surface area contributed by atoms with Crippen LogP contribution in [0.2, 0.25) is 0 Å². The summed E-state index contributed by atoms with van der Waals surface area (Å²) in [4.78, 5) is 0.937. The lowest BCUT2D eigenvalue weighted by Gasteiger charge is -2.26. The Bertz CT molecular complexity index is 1350. The summed E-state index contributed by atoms with van der Waals surface area (Å²) in [6, 6.07) is 12.7. The Balaban J connectivity index is 1.53. The molecule has 1 aliphatic heterocycles. The standard InChI is InChI=1S/C28H33F3N4O3S2/c1-34(13-14-36)39-22-8-9-25(27(18-22)38-2)32-12-4-5-21-17-23-24(33-20-10-15-40(37)16-11-20)6-3-7-26(23)35(21)19-28(29,30)31/h3,6-9,17-18,20,32-33,36H,10-16,19H2,1-2H3. The van der Waals surface area contributed by atoms with E-state index in [1.807, 2.05) is 35.6 Å². The molecule has 0 atom stereocenters. The zero-order valence-electron chi connectivity index (χ0n) is 22.4. The highest BCUT2D eigenvalue weighted by atomic mass is 32.2. The highest BCUT2D eigenvalue weighted by molar-refractivity contribution is 7.97. The molecule has 0 bridgehead atoms. The van der Waals surface area contributed by atoms with E-state index in [-0.39, 0.29) is 24.9 Å². The molecule has 3 N–H and O–H groups in total. The summed E-state index contributed by atoms with van der Waals surface area (Å²) >= 11 is 0.681. The van der Waals surface area contributed by atoms with Crippen molar-refractivity contribution in [3.8, 4) is 17.6 Å². The lowest BCUT2D eigenvalue weighted by atomic mass is 10.1. The van der Waals surface area contributed by atoms with Gasteiger partial charge in [-0.25, -0.2) is 4.31 Å². The van der Waals surface area contributed by atoms with Crippen molar-refractivity contribution in [2.45, 2.75) is 36.5 Å². The molecular formula is C28H33F3N4O3S2. The second-order valence-corrected chi connectivity index (χ2v) is 12.4. The van der Waals surface area contributed by atoms with E-state index in [9.17, 15) is 17.7 Å². The number of nitrogens with zero attached hydrogens (tertiary/aromatic N) is 2. The predicted molar refractivity (Wildman–Crippen MR) is 156 cm³/mol. The van der Waals surface area contributed by atoms with Gasteiger partial charge in [0.15, 0.2) is 0 Å². The van der Waals surface area contributed by atoms with Gasteiger partial charge in [0.25, 0.3) is 0 Å². The van der Waals surface area contributed by atoms with Gasteiger partial charge < -0.3 is 29.6 Å². The maximum Gasteiger partial charge on any atom is 0.406 e. The van der Waals surface area contributed by atoms with E-state index in [0.29, 0.717) is 40.4 Å². The number of aliphatic hydroxyl groups excluding tert-OH is 1. The number of hydrogen-bond donors (Lipinski definition) is 3. The molecule has 40 heavy (non-hydrogen) atoms. The number of aromatic nitrogens is 1. The van der Waals surface area contributed by atoms with Gasteiger partial charge >= 0.3 is 6.18 Å². The van der Waals surface area contributed by atoms with E-state index in [0.717, 1.165) is 23.4 Å². The monoisotopic (exact) mass is 594 g/mol. The Morgan fingerprint density at radius 3 is 2.67 bits per heavy atom. The van der Waals surface area contributed by atoms with Gasteiger partial charge in [0.05, 0.1) is 37.2 Å². The van der Waals surface area contributed by atoms with Crippen molar-refractivity contribution >= 4 is 45.4 Å². The Morgan fingerprint density at radius 1 is 1.20 bits per heavy atom. The molecule has 2 heterocycles. The van der Waals surface area contributed by atoms with E-state index in [4.69, 9.17) is 9.84 Å². The van der Waals surface area contributed by atoms with E-state index < -0.39 is 23.9 Å². The van der Waals surface area contributed by atoms with Crippen LogP contribution >= 0.6 is 11.9 Å². The molecule has 1 aliphatic rings. The number of benzene rings is 2. The van der Waals surface area contributed by atoms with Crippen LogP contribution in [0, 0.1) is 11.8 Å². The highest BCUT2D eigenvalue weighted by Crippen LogP contribution is 2.33. The average Bonchev–Trinajstić information content (AvgIpc) is 3.25. The number of anilines is 2. The number of alkyl halides is 3. The zero-order valence-corrected chi connectivity index (χ0v) is 24.0. The molecule has 1 fully saturated rings. The molecule has 2 aromatic carbocycles. The summed E-state index contributed by atoms with van der Waals surface area (Å²) in [6.45, 7) is -0.362. The van der Waals surface area contributed by atoms with E-state index in [2.05, 4.69) is 22.5 Å². The Labute approximate surface area is 239 Å². The first kappa shape index (κ1) is 30.3. The third-order valence-corrected chi connectivity index (χ3v) is 8.80. The number of hydrogen-bond acceptors (Lipinski definition) is 7. The predicted octanol–water partition coefficient (Wildman–Crippen LogP) is 4.93. The van der Waals surface area contributed by atoms with Gasteiger partial charge in [-0.1, -0.05) is 23.2 Å². The molecule has 4 rings (SSSR count). The second-order valence-electron chi connectivity index (χ2n) is 9.42. The molecule has 0 radical (unpaired) electrons. The summed E-state index contributed by atoms with van der Waals surface area (Å²) < 4.78 is 60.9. The molecule has 0 aliphatic carbocycles. The molecule has 0 unspecified atom stereocenters. The molecule has 1 aromatic heterocycles. The largest absolute Gasteiger partial charge is 0.616 e. The van der Waals surface area contributed by atoms with E-state index >= 15 is 0 Å². The van der Waals surface area contributed by atoms with Gasteiger partial charge in [0, 0.05) is 41.4 Å². The number of ether oxygens (including phenoxy) is 1. The number of fused-ring (bicyclic) bond motifs is 1. The van der Waals surface area contributed by atoms with Crippen molar-refractivity contribution in [1.82, 2.24) is 8.87 Å². The van der Waals surface area contributed by atoms with Crippen molar-refractivity contribution in [3.05, 3.63) is 48.2 Å². The zero-order chi connectivity index (χ0) is 28.7. The van der Waals surface area contributed by atoms with Crippen LogP contribution in [-0.4, -0.2) is 76.1 Å². The fourth-order valence-corrected chi connectivity index (χ4v) is 6.66. The van der Waals surface area contributed by atoms with Crippen molar-refractivity contribution in [2.24, 2.45) is 0 Å². The third-order valence-electron chi connectivity index (χ3n) is 6.46. The van der Waals surface area contributed by atoms with Gasteiger partial charge in [-0.2, -0.15) is 13.2 Å². The maximum atomic E-state index is 13.5. The third kappa shape index (κ3) is 8.17. The van der Waals surface area contributed by atoms with Crippen molar-refractivity contribution in [1.29, 1.82) is 0 Å². The lowest BCUT2D eigenvalue weighted by Crippen LogP contribution is -2.32. The van der Waals surface area contributed by atoms with Gasteiger partial charge in [0.2, 0.25) is 0 Å². The Morgan fingerprint density at radius 2 is 1.98 bits per heavy atom. The molecule has 12 heteroatoms. The van der Waals surface area contributed by atoms with Gasteiger partial charge in [-0.05, 0) is 61.3 Å². The molecule has 0 amide bonds. The second kappa shape index (κ2) is 13.8. The minimum absolute atomic E-state index is 0.0579. The Hall–Kier alpha value is -2.69. The minimum Gasteiger partial charge on any atom is -0.616 e. The van der Waals surface area contributed by atoms with Crippen LogP contribution in [0.25, 0.3) is 10.9 Å². The van der Waals surface area contributed by atoms with Crippen LogP contribution in [-0.2, 0) is 17.7 Å². The van der Waals surface area contributed by atoms with E-state index in [1.54, 1.807) is 25.3 Å². The first-order chi connectivity index (χ1) is 19.2. The molecule has 3 aromatic rings.